The van der Waals surface area contributed by atoms with Crippen LogP contribution >= 0.6 is 24.0 Å². The quantitative estimate of drug-likeness (QED) is 0.452. The molecule has 0 aliphatic carbocycles. The zero-order valence-corrected chi connectivity index (χ0v) is 14.9. The highest BCUT2D eigenvalue weighted by molar-refractivity contribution is 14.0. The van der Waals surface area contributed by atoms with E-state index in [0.29, 0.717) is 6.04 Å². The molecule has 4 nitrogen and oxygen atoms in total. The van der Waals surface area contributed by atoms with Gasteiger partial charge in [0.2, 0.25) is 0 Å². The molecule has 5 heteroatoms. The Kier molecular flexibility index (Phi) is 7.42. The monoisotopic (exact) mass is 380 g/mol. The van der Waals surface area contributed by atoms with Crippen molar-refractivity contribution in [3.05, 3.63) is 0 Å². The third kappa shape index (κ3) is 4.77. The van der Waals surface area contributed by atoms with Gasteiger partial charge in [-0.15, -0.1) is 24.0 Å². The van der Waals surface area contributed by atoms with Gasteiger partial charge in [0.05, 0.1) is 0 Å². The van der Waals surface area contributed by atoms with Gasteiger partial charge in [-0.25, -0.2) is 0 Å². The topological polar surface area (TPSA) is 30.9 Å². The highest BCUT2D eigenvalue weighted by Crippen LogP contribution is 2.16. The molecule has 0 saturated carbocycles. The highest BCUT2D eigenvalue weighted by Gasteiger charge is 2.23. The van der Waals surface area contributed by atoms with Crippen LogP contribution in [0.25, 0.3) is 0 Å². The summed E-state index contributed by atoms with van der Waals surface area (Å²) < 4.78 is 0. The van der Waals surface area contributed by atoms with Crippen LogP contribution in [-0.4, -0.2) is 62.1 Å². The van der Waals surface area contributed by atoms with Gasteiger partial charge in [-0.2, -0.15) is 0 Å². The molecule has 0 amide bonds. The summed E-state index contributed by atoms with van der Waals surface area (Å²) in [4.78, 5) is 9.30. The molecule has 2 rings (SSSR count). The number of halogens is 1. The Hall–Kier alpha value is -0.0400. The Morgan fingerprint density at radius 1 is 1.21 bits per heavy atom. The molecule has 2 aliphatic rings. The SMILES string of the molecule is CN=C(NCC1CCCN1C)N1CCC(C)CC1.I. The van der Waals surface area contributed by atoms with Crippen molar-refractivity contribution in [3.63, 3.8) is 0 Å². The number of rotatable bonds is 2. The first-order valence-electron chi connectivity index (χ1n) is 7.36. The Bertz CT molecular complexity index is 287. The lowest BCUT2D eigenvalue weighted by molar-refractivity contribution is 0.266. The summed E-state index contributed by atoms with van der Waals surface area (Å²) >= 11 is 0. The van der Waals surface area contributed by atoms with E-state index in [0.717, 1.165) is 31.5 Å². The first-order valence-corrected chi connectivity index (χ1v) is 7.36. The van der Waals surface area contributed by atoms with E-state index >= 15 is 0 Å². The molecular weight excluding hydrogens is 351 g/mol. The molecular formula is C14H29IN4. The third-order valence-corrected chi connectivity index (χ3v) is 4.46. The number of hydrogen-bond donors (Lipinski definition) is 1. The third-order valence-electron chi connectivity index (χ3n) is 4.46. The molecule has 2 aliphatic heterocycles. The van der Waals surface area contributed by atoms with Crippen molar-refractivity contribution in [1.82, 2.24) is 15.1 Å². The molecule has 112 valence electrons. The fraction of sp³-hybridized carbons (Fsp3) is 0.929. The molecule has 19 heavy (non-hydrogen) atoms. The minimum Gasteiger partial charge on any atom is -0.355 e. The van der Waals surface area contributed by atoms with Gasteiger partial charge in [0.15, 0.2) is 5.96 Å². The van der Waals surface area contributed by atoms with Crippen LogP contribution < -0.4 is 5.32 Å². The van der Waals surface area contributed by atoms with Crippen LogP contribution in [0.2, 0.25) is 0 Å². The number of nitrogens with one attached hydrogen (secondary N) is 1. The van der Waals surface area contributed by atoms with E-state index in [1.165, 1.54) is 32.2 Å². The van der Waals surface area contributed by atoms with E-state index in [-0.39, 0.29) is 24.0 Å². The molecule has 0 spiro atoms. The average molecular weight is 380 g/mol. The van der Waals surface area contributed by atoms with Gasteiger partial charge in [0.25, 0.3) is 0 Å². The maximum atomic E-state index is 4.44. The van der Waals surface area contributed by atoms with E-state index in [1.807, 2.05) is 7.05 Å². The standard InChI is InChI=1S/C14H28N4.HI/c1-12-6-9-18(10-7-12)14(15-2)16-11-13-5-4-8-17(13)3;/h12-13H,4-11H2,1-3H3,(H,15,16);1H. The molecule has 0 aromatic rings. The first-order chi connectivity index (χ1) is 8.70. The number of aliphatic imine (C=N–C) groups is 1. The minimum absolute atomic E-state index is 0. The van der Waals surface area contributed by atoms with Gasteiger partial charge in [-0.1, -0.05) is 6.92 Å². The maximum Gasteiger partial charge on any atom is 0.193 e. The van der Waals surface area contributed by atoms with Crippen LogP contribution in [-0.2, 0) is 0 Å². The lowest BCUT2D eigenvalue weighted by Gasteiger charge is -2.33. The van der Waals surface area contributed by atoms with Crippen LogP contribution in [0.3, 0.4) is 0 Å². The van der Waals surface area contributed by atoms with Crippen molar-refractivity contribution in [2.24, 2.45) is 10.9 Å². The molecule has 1 atom stereocenters. The molecule has 1 N–H and O–H groups in total. The second-order valence-corrected chi connectivity index (χ2v) is 5.87. The van der Waals surface area contributed by atoms with Crippen molar-refractivity contribution in [1.29, 1.82) is 0 Å². The summed E-state index contributed by atoms with van der Waals surface area (Å²) in [7, 11) is 4.13. The van der Waals surface area contributed by atoms with Crippen molar-refractivity contribution in [2.45, 2.75) is 38.6 Å². The van der Waals surface area contributed by atoms with Crippen LogP contribution in [0.5, 0.6) is 0 Å². The molecule has 0 radical (unpaired) electrons. The number of guanidine groups is 1. The largest absolute Gasteiger partial charge is 0.355 e. The second-order valence-electron chi connectivity index (χ2n) is 5.87. The maximum absolute atomic E-state index is 4.44. The predicted molar refractivity (Wildman–Crippen MR) is 92.4 cm³/mol. The molecule has 1 unspecified atom stereocenters. The fourth-order valence-corrected chi connectivity index (χ4v) is 3.00. The summed E-state index contributed by atoms with van der Waals surface area (Å²) in [5.74, 6) is 1.97. The number of likely N-dealkylation sites (N-methyl/N-ethyl adjacent to an activating group) is 1. The number of nitrogens with zero attached hydrogens (tertiary/aromatic N) is 3. The summed E-state index contributed by atoms with van der Waals surface area (Å²) in [6.07, 6.45) is 5.24. The van der Waals surface area contributed by atoms with E-state index < -0.39 is 0 Å². The van der Waals surface area contributed by atoms with Crippen LogP contribution in [0.1, 0.15) is 32.6 Å². The first kappa shape index (κ1) is 17.0. The Morgan fingerprint density at radius 2 is 1.89 bits per heavy atom. The summed E-state index contributed by atoms with van der Waals surface area (Å²) in [5.41, 5.74) is 0. The second kappa shape index (κ2) is 8.29. The zero-order valence-electron chi connectivity index (χ0n) is 12.6. The Balaban J connectivity index is 0.00000180. The van der Waals surface area contributed by atoms with E-state index in [2.05, 4.69) is 34.1 Å². The van der Waals surface area contributed by atoms with Crippen molar-refractivity contribution in [3.8, 4) is 0 Å². The van der Waals surface area contributed by atoms with Gasteiger partial charge >= 0.3 is 0 Å². The van der Waals surface area contributed by atoms with Gasteiger partial charge in [0, 0.05) is 32.7 Å². The van der Waals surface area contributed by atoms with Gasteiger partial charge in [-0.05, 0) is 45.2 Å². The van der Waals surface area contributed by atoms with E-state index in [4.69, 9.17) is 0 Å². The number of hydrogen-bond acceptors (Lipinski definition) is 2. The number of piperidine rings is 1. The molecule has 2 heterocycles. The average Bonchev–Trinajstić information content (AvgIpc) is 2.78. The Morgan fingerprint density at radius 3 is 2.42 bits per heavy atom. The molecule has 2 fully saturated rings. The zero-order chi connectivity index (χ0) is 13.0. The van der Waals surface area contributed by atoms with Gasteiger partial charge in [-0.3, -0.25) is 4.99 Å². The molecule has 0 bridgehead atoms. The lowest BCUT2D eigenvalue weighted by atomic mass is 9.99. The molecule has 0 aromatic heterocycles. The highest BCUT2D eigenvalue weighted by atomic mass is 127. The van der Waals surface area contributed by atoms with E-state index in [1.54, 1.807) is 0 Å². The van der Waals surface area contributed by atoms with Gasteiger partial charge in [0.1, 0.15) is 0 Å². The summed E-state index contributed by atoms with van der Waals surface area (Å²) in [6.45, 7) is 6.94. The Labute approximate surface area is 135 Å². The smallest absolute Gasteiger partial charge is 0.193 e. The minimum atomic E-state index is 0. The number of likely N-dealkylation sites (tertiary alicyclic amines) is 2. The van der Waals surface area contributed by atoms with Crippen LogP contribution in [0.15, 0.2) is 4.99 Å². The van der Waals surface area contributed by atoms with Crippen molar-refractivity contribution < 1.29 is 0 Å². The molecule has 2 saturated heterocycles. The van der Waals surface area contributed by atoms with E-state index in [9.17, 15) is 0 Å². The van der Waals surface area contributed by atoms with Crippen molar-refractivity contribution >= 4 is 29.9 Å². The predicted octanol–water partition coefficient (Wildman–Crippen LogP) is 2.01. The molecule has 0 aromatic carbocycles. The van der Waals surface area contributed by atoms with Crippen LogP contribution in [0, 0.1) is 5.92 Å². The van der Waals surface area contributed by atoms with Crippen LogP contribution in [0.4, 0.5) is 0 Å². The fourth-order valence-electron chi connectivity index (χ4n) is 3.00. The van der Waals surface area contributed by atoms with Crippen molar-refractivity contribution in [2.75, 3.05) is 40.3 Å². The summed E-state index contributed by atoms with van der Waals surface area (Å²) in [5, 5.41) is 3.56. The summed E-state index contributed by atoms with van der Waals surface area (Å²) in [6, 6.07) is 0.686. The van der Waals surface area contributed by atoms with Gasteiger partial charge < -0.3 is 15.1 Å². The lowest BCUT2D eigenvalue weighted by Crippen LogP contribution is -2.48. The normalized spacial score (nSPS) is 26.4.